The zero-order valence-electron chi connectivity index (χ0n) is 13.8. The average molecular weight is 295 g/mol. The fourth-order valence-electron chi connectivity index (χ4n) is 6.79. The molecule has 0 radical (unpaired) electrons. The molecule has 0 aromatic rings. The molecule has 4 saturated carbocycles. The van der Waals surface area contributed by atoms with Gasteiger partial charge in [0.05, 0.1) is 18.3 Å². The Kier molecular flexibility index (Phi) is 2.83. The number of ether oxygens (including phenoxy) is 1. The molecule has 2 unspecified atom stereocenters. The topological polar surface area (TPSA) is 18.5 Å². The minimum absolute atomic E-state index is 0.549. The van der Waals surface area contributed by atoms with Crippen molar-refractivity contribution < 1.29 is 9.16 Å². The second-order valence-corrected chi connectivity index (χ2v) is 14.1. The molecule has 0 aromatic heterocycles. The molecule has 0 aromatic carbocycles. The van der Waals surface area contributed by atoms with E-state index in [4.69, 9.17) is 9.16 Å². The first-order valence-electron chi connectivity index (χ1n) is 8.72. The molecule has 5 rings (SSSR count). The summed E-state index contributed by atoms with van der Waals surface area (Å²) in [5, 5.41) is 0. The van der Waals surface area contributed by atoms with Gasteiger partial charge in [-0.05, 0) is 34.9 Å². The van der Waals surface area contributed by atoms with E-state index in [1.165, 1.54) is 6.42 Å². The Morgan fingerprint density at radius 3 is 1.85 bits per heavy atom. The summed E-state index contributed by atoms with van der Waals surface area (Å²) in [5.41, 5.74) is 2.11. The summed E-state index contributed by atoms with van der Waals surface area (Å²) in [6.45, 7) is 14.4. The predicted molar refractivity (Wildman–Crippen MR) is 83.2 cm³/mol. The van der Waals surface area contributed by atoms with E-state index < -0.39 is 8.32 Å². The molecular formula is C17H30O2Si. The molecule has 1 aliphatic heterocycles. The van der Waals surface area contributed by atoms with E-state index in [-0.39, 0.29) is 0 Å². The minimum atomic E-state index is -1.71. The predicted octanol–water partition coefficient (Wildman–Crippen LogP) is 4.21. The molecule has 0 spiro atoms. The van der Waals surface area contributed by atoms with Gasteiger partial charge < -0.3 is 9.16 Å². The lowest BCUT2D eigenvalue weighted by Crippen LogP contribution is -2.51. The smallest absolute Gasteiger partial charge is 0.200 e. The molecular weight excluding hydrogens is 264 g/mol. The van der Waals surface area contributed by atoms with Crippen LogP contribution >= 0.6 is 0 Å². The Hall–Kier alpha value is 0.137. The maximum Gasteiger partial charge on any atom is 0.200 e. The summed E-state index contributed by atoms with van der Waals surface area (Å²) in [4.78, 5) is 0. The van der Waals surface area contributed by atoms with Crippen LogP contribution in [-0.2, 0) is 9.16 Å². The van der Waals surface area contributed by atoms with Crippen LogP contribution in [0, 0.1) is 23.7 Å². The highest BCUT2D eigenvalue weighted by atomic mass is 28.4. The molecule has 20 heavy (non-hydrogen) atoms. The van der Waals surface area contributed by atoms with Crippen LogP contribution in [0.4, 0.5) is 0 Å². The molecule has 4 aliphatic carbocycles. The van der Waals surface area contributed by atoms with Crippen LogP contribution in [0.3, 0.4) is 0 Å². The van der Waals surface area contributed by atoms with Crippen LogP contribution in [0.2, 0.25) is 16.6 Å². The summed E-state index contributed by atoms with van der Waals surface area (Å²) in [6.07, 6.45) is 3.18. The lowest BCUT2D eigenvalue weighted by molar-refractivity contribution is -0.126. The largest absolute Gasteiger partial charge is 0.412 e. The summed E-state index contributed by atoms with van der Waals surface area (Å²) in [5.74, 6) is 3.35. The van der Waals surface area contributed by atoms with Gasteiger partial charge in [-0.2, -0.15) is 0 Å². The van der Waals surface area contributed by atoms with Gasteiger partial charge in [-0.1, -0.05) is 41.5 Å². The zero-order chi connectivity index (χ0) is 14.4. The second-order valence-electron chi connectivity index (χ2n) is 8.68. The summed E-state index contributed by atoms with van der Waals surface area (Å²) < 4.78 is 13.2. The lowest BCUT2D eigenvalue weighted by atomic mass is 9.93. The van der Waals surface area contributed by atoms with Gasteiger partial charge in [0.1, 0.15) is 0 Å². The Morgan fingerprint density at radius 2 is 1.45 bits per heavy atom. The molecule has 1 saturated heterocycles. The fourth-order valence-corrected chi connectivity index (χ4v) is 12.4. The second kappa shape index (κ2) is 4.11. The van der Waals surface area contributed by atoms with Crippen molar-refractivity contribution in [1.82, 2.24) is 0 Å². The Labute approximate surface area is 124 Å². The van der Waals surface area contributed by atoms with E-state index >= 15 is 0 Å². The van der Waals surface area contributed by atoms with E-state index in [1.807, 2.05) is 0 Å². The molecule has 114 valence electrons. The third-order valence-electron chi connectivity index (χ3n) is 7.26. The fraction of sp³-hybridized carbons (Fsp3) is 1.00. The van der Waals surface area contributed by atoms with Gasteiger partial charge in [0.2, 0.25) is 8.32 Å². The number of hydrogen-bond acceptors (Lipinski definition) is 2. The van der Waals surface area contributed by atoms with Crippen molar-refractivity contribution in [2.45, 2.75) is 82.9 Å². The van der Waals surface area contributed by atoms with Crippen molar-refractivity contribution in [3.8, 4) is 0 Å². The minimum Gasteiger partial charge on any atom is -0.412 e. The van der Waals surface area contributed by atoms with E-state index in [0.29, 0.717) is 34.9 Å². The molecule has 2 nitrogen and oxygen atoms in total. The van der Waals surface area contributed by atoms with Gasteiger partial charge in [-0.15, -0.1) is 0 Å². The van der Waals surface area contributed by atoms with Crippen LogP contribution in [0.1, 0.15) is 48.0 Å². The van der Waals surface area contributed by atoms with E-state index in [2.05, 4.69) is 41.5 Å². The van der Waals surface area contributed by atoms with Crippen molar-refractivity contribution in [1.29, 1.82) is 0 Å². The third-order valence-corrected chi connectivity index (χ3v) is 13.4. The van der Waals surface area contributed by atoms with Crippen molar-refractivity contribution >= 4 is 8.32 Å². The quantitative estimate of drug-likeness (QED) is 0.707. The highest BCUT2D eigenvalue weighted by molar-refractivity contribution is 6.77. The highest BCUT2D eigenvalue weighted by Crippen LogP contribution is 2.72. The Morgan fingerprint density at radius 1 is 0.850 bits per heavy atom. The number of rotatable bonds is 5. The van der Waals surface area contributed by atoms with Crippen molar-refractivity contribution in [2.75, 3.05) is 0 Å². The first kappa shape index (κ1) is 13.8. The molecule has 6 bridgehead atoms. The first-order chi connectivity index (χ1) is 9.39. The van der Waals surface area contributed by atoms with Crippen LogP contribution in [0.5, 0.6) is 0 Å². The van der Waals surface area contributed by atoms with Gasteiger partial charge in [0.25, 0.3) is 0 Å². The highest BCUT2D eigenvalue weighted by Gasteiger charge is 2.78. The molecule has 3 heteroatoms. The van der Waals surface area contributed by atoms with Crippen molar-refractivity contribution in [3.05, 3.63) is 0 Å². The lowest BCUT2D eigenvalue weighted by Gasteiger charge is -2.45. The van der Waals surface area contributed by atoms with Crippen LogP contribution in [-0.4, -0.2) is 26.6 Å². The molecule has 5 aliphatic rings. The zero-order valence-corrected chi connectivity index (χ0v) is 14.8. The summed E-state index contributed by atoms with van der Waals surface area (Å²) in [7, 11) is -1.71. The molecule has 0 N–H and O–H groups in total. The summed E-state index contributed by atoms with van der Waals surface area (Å²) in [6, 6.07) is 0. The van der Waals surface area contributed by atoms with Crippen LogP contribution < -0.4 is 0 Å². The Bertz CT molecular complexity index is 395. The summed E-state index contributed by atoms with van der Waals surface area (Å²) >= 11 is 0. The maximum absolute atomic E-state index is 7.13. The van der Waals surface area contributed by atoms with Crippen molar-refractivity contribution in [3.63, 3.8) is 0 Å². The molecule has 7 atom stereocenters. The monoisotopic (exact) mass is 294 g/mol. The molecule has 1 heterocycles. The SMILES string of the molecule is CC(C)[Si](O[C@H]1[C@H]2C[C@@H]3C4OC([C@H]42)[C@H]13)(C(C)C)C(C)C. The van der Waals surface area contributed by atoms with Gasteiger partial charge in [-0.25, -0.2) is 0 Å². The first-order valence-corrected chi connectivity index (χ1v) is 10.9. The van der Waals surface area contributed by atoms with E-state index in [9.17, 15) is 0 Å². The average Bonchev–Trinajstić information content (AvgIpc) is 2.98. The van der Waals surface area contributed by atoms with Gasteiger partial charge in [0, 0.05) is 11.8 Å². The van der Waals surface area contributed by atoms with E-state index in [0.717, 1.165) is 23.7 Å². The van der Waals surface area contributed by atoms with Gasteiger partial charge in [0.15, 0.2) is 0 Å². The van der Waals surface area contributed by atoms with Crippen molar-refractivity contribution in [2.24, 2.45) is 23.7 Å². The van der Waals surface area contributed by atoms with Gasteiger partial charge >= 0.3 is 0 Å². The van der Waals surface area contributed by atoms with Crippen LogP contribution in [0.25, 0.3) is 0 Å². The maximum atomic E-state index is 7.13. The normalized spacial score (nSPS) is 48.1. The van der Waals surface area contributed by atoms with E-state index in [1.54, 1.807) is 0 Å². The molecule has 5 fully saturated rings. The number of hydrogen-bond donors (Lipinski definition) is 0. The standard InChI is InChI=1S/C17H30O2Si/c1-8(2)20(9(3)4,10(5)6)19-16-12-7-11-14(16)17-13(12)15(11)18-17/h8-17H,7H2,1-6H3/t11-,12-,13-,14-,15?,16-,17?/m0/s1. The Balaban J connectivity index is 1.61. The third kappa shape index (κ3) is 1.34. The molecule has 0 amide bonds. The van der Waals surface area contributed by atoms with Crippen LogP contribution in [0.15, 0.2) is 0 Å². The van der Waals surface area contributed by atoms with Gasteiger partial charge in [-0.3, -0.25) is 0 Å².